The third-order valence-electron chi connectivity index (χ3n) is 3.27. The van der Waals surface area contributed by atoms with Gasteiger partial charge in [0, 0.05) is 19.1 Å². The Balaban J connectivity index is 1.55. The topological polar surface area (TPSA) is 33.7 Å². The molecule has 0 amide bonds. The lowest BCUT2D eigenvalue weighted by atomic mass is 10.2. The van der Waals surface area contributed by atoms with Gasteiger partial charge in [0.1, 0.15) is 12.4 Å². The van der Waals surface area contributed by atoms with E-state index in [0.717, 1.165) is 31.5 Å². The summed E-state index contributed by atoms with van der Waals surface area (Å²) in [6.45, 7) is 3.90. The van der Waals surface area contributed by atoms with Crippen LogP contribution in [0.4, 0.5) is 0 Å². The predicted octanol–water partition coefficient (Wildman–Crippen LogP) is 1.90. The van der Waals surface area contributed by atoms with Crippen LogP contribution in [0.5, 0.6) is 5.75 Å². The zero-order valence-electron chi connectivity index (χ0n) is 12.6. The average molecular weight is 278 g/mol. The molecule has 20 heavy (non-hydrogen) atoms. The molecule has 1 aromatic carbocycles. The third kappa shape index (κ3) is 6.37. The molecule has 4 heteroatoms. The van der Waals surface area contributed by atoms with Crippen LogP contribution in [0.25, 0.3) is 0 Å². The molecule has 1 fully saturated rings. The van der Waals surface area contributed by atoms with E-state index in [9.17, 15) is 0 Å². The molecule has 0 heterocycles. The summed E-state index contributed by atoms with van der Waals surface area (Å²) in [4.78, 5) is 2.11. The molecule has 1 aliphatic carbocycles. The summed E-state index contributed by atoms with van der Waals surface area (Å²) in [5.41, 5.74) is 1.31. The van der Waals surface area contributed by atoms with Gasteiger partial charge in [-0.2, -0.15) is 0 Å². The molecule has 2 rings (SSSR count). The normalized spacial score (nSPS) is 14.8. The highest BCUT2D eigenvalue weighted by atomic mass is 16.5. The molecule has 112 valence electrons. The van der Waals surface area contributed by atoms with Crippen molar-refractivity contribution in [3.63, 3.8) is 0 Å². The maximum atomic E-state index is 5.65. The highest BCUT2D eigenvalue weighted by Gasteiger charge is 2.19. The van der Waals surface area contributed by atoms with Crippen LogP contribution in [0.2, 0.25) is 0 Å². The molecule has 0 bridgehead atoms. The Kier molecular flexibility index (Phi) is 6.30. The van der Waals surface area contributed by atoms with Crippen molar-refractivity contribution < 1.29 is 9.47 Å². The summed E-state index contributed by atoms with van der Waals surface area (Å²) in [7, 11) is 4.08. The first-order chi connectivity index (χ1) is 9.74. The highest BCUT2D eigenvalue weighted by Crippen LogP contribution is 2.19. The number of hydrogen-bond donors (Lipinski definition) is 1. The molecular formula is C16H26N2O2. The van der Waals surface area contributed by atoms with Crippen molar-refractivity contribution in [1.29, 1.82) is 0 Å². The van der Waals surface area contributed by atoms with Gasteiger partial charge < -0.3 is 19.7 Å². The molecular weight excluding hydrogens is 252 g/mol. The monoisotopic (exact) mass is 278 g/mol. The van der Waals surface area contributed by atoms with Gasteiger partial charge in [0.2, 0.25) is 0 Å². The molecule has 1 N–H and O–H groups in total. The van der Waals surface area contributed by atoms with Gasteiger partial charge in [-0.05, 0) is 44.6 Å². The first-order valence-electron chi connectivity index (χ1n) is 7.41. The van der Waals surface area contributed by atoms with Crippen LogP contribution in [0, 0.1) is 0 Å². The van der Waals surface area contributed by atoms with Gasteiger partial charge in [0.25, 0.3) is 0 Å². The van der Waals surface area contributed by atoms with Crippen molar-refractivity contribution in [2.45, 2.75) is 25.4 Å². The SMILES string of the molecule is CN(C)CCOCCOc1ccc(CNC2CC2)cc1. The van der Waals surface area contributed by atoms with Crippen LogP contribution in [-0.4, -0.2) is 51.4 Å². The molecule has 0 radical (unpaired) electrons. The second kappa shape index (κ2) is 8.25. The molecule has 0 aliphatic heterocycles. The van der Waals surface area contributed by atoms with E-state index in [-0.39, 0.29) is 0 Å². The van der Waals surface area contributed by atoms with E-state index >= 15 is 0 Å². The van der Waals surface area contributed by atoms with Gasteiger partial charge in [-0.1, -0.05) is 12.1 Å². The van der Waals surface area contributed by atoms with E-state index in [1.54, 1.807) is 0 Å². The number of benzene rings is 1. The van der Waals surface area contributed by atoms with Crippen LogP contribution >= 0.6 is 0 Å². The molecule has 1 saturated carbocycles. The minimum absolute atomic E-state index is 0.604. The number of nitrogens with zero attached hydrogens (tertiary/aromatic N) is 1. The fraction of sp³-hybridized carbons (Fsp3) is 0.625. The summed E-state index contributed by atoms with van der Waals surface area (Å²) in [6.07, 6.45) is 2.66. The lowest BCUT2D eigenvalue weighted by molar-refractivity contribution is 0.0890. The van der Waals surface area contributed by atoms with Crippen LogP contribution < -0.4 is 10.1 Å². The van der Waals surface area contributed by atoms with Gasteiger partial charge >= 0.3 is 0 Å². The molecule has 0 atom stereocenters. The molecule has 0 unspecified atom stereocenters. The van der Waals surface area contributed by atoms with E-state index in [2.05, 4.69) is 22.3 Å². The minimum atomic E-state index is 0.604. The second-order valence-electron chi connectivity index (χ2n) is 5.56. The van der Waals surface area contributed by atoms with Crippen LogP contribution in [0.1, 0.15) is 18.4 Å². The summed E-state index contributed by atoms with van der Waals surface area (Å²) >= 11 is 0. The third-order valence-corrected chi connectivity index (χ3v) is 3.27. The first kappa shape index (κ1) is 15.3. The van der Waals surface area contributed by atoms with Gasteiger partial charge in [0.15, 0.2) is 0 Å². The maximum absolute atomic E-state index is 5.65. The van der Waals surface area contributed by atoms with Gasteiger partial charge in [-0.15, -0.1) is 0 Å². The lowest BCUT2D eigenvalue weighted by Gasteiger charge is -2.11. The smallest absolute Gasteiger partial charge is 0.119 e. The number of hydrogen-bond acceptors (Lipinski definition) is 4. The number of likely N-dealkylation sites (N-methyl/N-ethyl adjacent to an activating group) is 1. The quantitative estimate of drug-likeness (QED) is 0.663. The number of ether oxygens (including phenoxy) is 2. The molecule has 1 aliphatic rings. The number of rotatable bonds is 10. The zero-order valence-corrected chi connectivity index (χ0v) is 12.6. The Morgan fingerprint density at radius 1 is 1.10 bits per heavy atom. The van der Waals surface area contributed by atoms with Crippen LogP contribution in [-0.2, 0) is 11.3 Å². The first-order valence-corrected chi connectivity index (χ1v) is 7.41. The molecule has 0 saturated heterocycles. The van der Waals surface area contributed by atoms with Crippen molar-refractivity contribution in [2.24, 2.45) is 0 Å². The summed E-state index contributed by atoms with van der Waals surface area (Å²) in [5.74, 6) is 0.913. The lowest BCUT2D eigenvalue weighted by Crippen LogP contribution is -2.19. The summed E-state index contributed by atoms with van der Waals surface area (Å²) in [5, 5.41) is 3.50. The summed E-state index contributed by atoms with van der Waals surface area (Å²) < 4.78 is 11.1. The Bertz CT molecular complexity index is 375. The second-order valence-corrected chi connectivity index (χ2v) is 5.56. The van der Waals surface area contributed by atoms with Crippen molar-refractivity contribution in [1.82, 2.24) is 10.2 Å². The molecule has 0 aromatic heterocycles. The predicted molar refractivity (Wildman–Crippen MR) is 81.2 cm³/mol. The number of nitrogens with one attached hydrogen (secondary N) is 1. The molecule has 1 aromatic rings. The average Bonchev–Trinajstić information content (AvgIpc) is 3.25. The minimum Gasteiger partial charge on any atom is -0.491 e. The fourth-order valence-electron chi connectivity index (χ4n) is 1.82. The highest BCUT2D eigenvalue weighted by molar-refractivity contribution is 5.27. The zero-order chi connectivity index (χ0) is 14.2. The Morgan fingerprint density at radius 3 is 2.50 bits per heavy atom. The van der Waals surface area contributed by atoms with E-state index in [1.165, 1.54) is 18.4 Å². The van der Waals surface area contributed by atoms with Crippen LogP contribution in [0.3, 0.4) is 0 Å². The van der Waals surface area contributed by atoms with Crippen molar-refractivity contribution in [3.8, 4) is 5.75 Å². The Labute approximate surface area is 122 Å². The van der Waals surface area contributed by atoms with Gasteiger partial charge in [-0.25, -0.2) is 0 Å². The van der Waals surface area contributed by atoms with Gasteiger partial charge in [-0.3, -0.25) is 0 Å². The van der Waals surface area contributed by atoms with E-state index in [0.29, 0.717) is 13.2 Å². The van der Waals surface area contributed by atoms with Crippen molar-refractivity contribution in [2.75, 3.05) is 40.5 Å². The van der Waals surface area contributed by atoms with Crippen molar-refractivity contribution in [3.05, 3.63) is 29.8 Å². The van der Waals surface area contributed by atoms with Gasteiger partial charge in [0.05, 0.1) is 13.2 Å². The largest absolute Gasteiger partial charge is 0.491 e. The van der Waals surface area contributed by atoms with E-state index in [1.807, 2.05) is 26.2 Å². The molecule has 0 spiro atoms. The van der Waals surface area contributed by atoms with Crippen LogP contribution in [0.15, 0.2) is 24.3 Å². The Morgan fingerprint density at radius 2 is 1.85 bits per heavy atom. The van der Waals surface area contributed by atoms with E-state index in [4.69, 9.17) is 9.47 Å². The summed E-state index contributed by atoms with van der Waals surface area (Å²) in [6, 6.07) is 9.06. The standard InChI is InChI=1S/C16H26N2O2/c1-18(2)9-10-19-11-12-20-16-7-3-14(4-8-16)13-17-15-5-6-15/h3-4,7-8,15,17H,5-6,9-13H2,1-2H3. The molecule has 4 nitrogen and oxygen atoms in total. The maximum Gasteiger partial charge on any atom is 0.119 e. The van der Waals surface area contributed by atoms with Crippen molar-refractivity contribution >= 4 is 0 Å². The van der Waals surface area contributed by atoms with E-state index < -0.39 is 0 Å². The Hall–Kier alpha value is -1.10. The fourth-order valence-corrected chi connectivity index (χ4v) is 1.82.